The van der Waals surface area contributed by atoms with E-state index < -0.39 is 0 Å². The summed E-state index contributed by atoms with van der Waals surface area (Å²) >= 11 is 0. The number of fused-ring (bicyclic) bond motifs is 1. The molecule has 2 fully saturated rings. The second-order valence-corrected chi connectivity index (χ2v) is 5.95. The Bertz CT molecular complexity index is 554. The van der Waals surface area contributed by atoms with Crippen molar-refractivity contribution in [2.75, 3.05) is 13.2 Å². The summed E-state index contributed by atoms with van der Waals surface area (Å²) in [6.07, 6.45) is 8.03. The fourth-order valence-electron chi connectivity index (χ4n) is 3.72. The number of rotatable bonds is 4. The average molecular weight is 288 g/mol. The van der Waals surface area contributed by atoms with Crippen LogP contribution in [0.3, 0.4) is 0 Å². The Labute approximate surface area is 123 Å². The Morgan fingerprint density at radius 3 is 2.95 bits per heavy atom. The van der Waals surface area contributed by atoms with Crippen LogP contribution in [0, 0.1) is 5.92 Å². The van der Waals surface area contributed by atoms with Crippen LogP contribution in [0.4, 0.5) is 0 Å². The molecule has 1 saturated heterocycles. The van der Waals surface area contributed by atoms with Crippen molar-refractivity contribution in [1.29, 1.82) is 0 Å². The zero-order chi connectivity index (χ0) is 14.1. The molecule has 6 heteroatoms. The third-order valence-electron chi connectivity index (χ3n) is 4.69. The Hall–Kier alpha value is -1.66. The maximum atomic E-state index is 6.09. The van der Waals surface area contributed by atoms with Crippen LogP contribution in [0.25, 0.3) is 0 Å². The van der Waals surface area contributed by atoms with Crippen molar-refractivity contribution in [2.45, 2.75) is 38.1 Å². The summed E-state index contributed by atoms with van der Waals surface area (Å²) in [7, 11) is 0. The fraction of sp³-hybridized carbons (Fsp3) is 0.600. The van der Waals surface area contributed by atoms with Crippen LogP contribution in [0.15, 0.2) is 35.5 Å². The Kier molecular flexibility index (Phi) is 3.48. The maximum absolute atomic E-state index is 6.09. The minimum absolute atomic E-state index is 0.316. The molecule has 3 unspecified atom stereocenters. The minimum Gasteiger partial charge on any atom is -0.468 e. The first-order valence-electron chi connectivity index (χ1n) is 7.60. The van der Waals surface area contributed by atoms with Crippen molar-refractivity contribution in [3.63, 3.8) is 0 Å². The van der Waals surface area contributed by atoms with Gasteiger partial charge in [-0.15, -0.1) is 10.2 Å². The molecule has 21 heavy (non-hydrogen) atoms. The summed E-state index contributed by atoms with van der Waals surface area (Å²) < 4.78 is 13.6. The fourth-order valence-corrected chi connectivity index (χ4v) is 3.72. The minimum atomic E-state index is 0.316. The van der Waals surface area contributed by atoms with Crippen LogP contribution in [-0.4, -0.2) is 45.0 Å². The summed E-state index contributed by atoms with van der Waals surface area (Å²) in [6.45, 7) is 3.63. The lowest BCUT2D eigenvalue weighted by molar-refractivity contribution is -0.0801. The third-order valence-corrected chi connectivity index (χ3v) is 4.69. The van der Waals surface area contributed by atoms with Gasteiger partial charge in [-0.1, -0.05) is 0 Å². The van der Waals surface area contributed by atoms with Crippen molar-refractivity contribution in [3.05, 3.63) is 36.8 Å². The molecule has 2 aromatic heterocycles. The Morgan fingerprint density at radius 2 is 2.14 bits per heavy atom. The number of morpholine rings is 1. The second kappa shape index (κ2) is 5.61. The van der Waals surface area contributed by atoms with Gasteiger partial charge in [0.05, 0.1) is 25.5 Å². The number of hydrogen-bond donors (Lipinski definition) is 0. The topological polar surface area (TPSA) is 56.3 Å². The first kappa shape index (κ1) is 13.0. The molecule has 0 aromatic carbocycles. The van der Waals surface area contributed by atoms with E-state index in [0.717, 1.165) is 32.0 Å². The second-order valence-electron chi connectivity index (χ2n) is 5.95. The van der Waals surface area contributed by atoms with Crippen LogP contribution in [0.5, 0.6) is 0 Å². The standard InChI is InChI=1S/C15H20N4O2/c1-2-13(20-6-1)9-19-5-7-21-15-12(3-4-14(15)19)8-18-10-16-17-11-18/h1-2,6,10-12,14-15H,3-5,7-9H2. The van der Waals surface area contributed by atoms with Gasteiger partial charge in [-0.2, -0.15) is 0 Å². The highest BCUT2D eigenvalue weighted by molar-refractivity contribution is 5.01. The van der Waals surface area contributed by atoms with E-state index in [2.05, 4.69) is 19.7 Å². The average Bonchev–Trinajstić information content (AvgIpc) is 3.22. The zero-order valence-electron chi connectivity index (χ0n) is 12.0. The summed E-state index contributed by atoms with van der Waals surface area (Å²) in [6, 6.07) is 4.51. The zero-order valence-corrected chi connectivity index (χ0v) is 12.0. The summed E-state index contributed by atoms with van der Waals surface area (Å²) in [5, 5.41) is 7.76. The number of hydrogen-bond acceptors (Lipinski definition) is 5. The van der Waals surface area contributed by atoms with Gasteiger partial charge in [-0.3, -0.25) is 4.90 Å². The summed E-state index contributed by atoms with van der Waals surface area (Å²) in [4.78, 5) is 2.51. The molecule has 0 radical (unpaired) electrons. The van der Waals surface area contributed by atoms with Crippen molar-refractivity contribution < 1.29 is 9.15 Å². The monoisotopic (exact) mass is 288 g/mol. The van der Waals surface area contributed by atoms with E-state index >= 15 is 0 Å². The van der Waals surface area contributed by atoms with Crippen LogP contribution in [0.1, 0.15) is 18.6 Å². The van der Waals surface area contributed by atoms with Gasteiger partial charge < -0.3 is 13.7 Å². The van der Waals surface area contributed by atoms with Crippen LogP contribution in [0.2, 0.25) is 0 Å². The molecule has 0 amide bonds. The number of ether oxygens (including phenoxy) is 1. The molecule has 6 nitrogen and oxygen atoms in total. The molecule has 0 bridgehead atoms. The van der Waals surface area contributed by atoms with E-state index in [1.165, 1.54) is 12.8 Å². The highest BCUT2D eigenvalue weighted by Gasteiger charge is 2.42. The largest absolute Gasteiger partial charge is 0.468 e. The quantitative estimate of drug-likeness (QED) is 0.854. The maximum Gasteiger partial charge on any atom is 0.119 e. The Balaban J connectivity index is 1.44. The van der Waals surface area contributed by atoms with E-state index in [1.54, 1.807) is 18.9 Å². The molecule has 2 aromatic rings. The number of aromatic nitrogens is 3. The lowest BCUT2D eigenvalue weighted by atomic mass is 10.0. The molecule has 1 saturated carbocycles. The molecule has 3 heterocycles. The molecule has 112 valence electrons. The van der Waals surface area contributed by atoms with Gasteiger partial charge in [0, 0.05) is 25.0 Å². The van der Waals surface area contributed by atoms with Gasteiger partial charge in [-0.05, 0) is 25.0 Å². The van der Waals surface area contributed by atoms with Crippen molar-refractivity contribution in [3.8, 4) is 0 Å². The Morgan fingerprint density at radius 1 is 1.24 bits per heavy atom. The molecule has 2 aliphatic rings. The SMILES string of the molecule is c1coc(CN2CCOC3C(Cn4cnnc4)CCC32)c1. The van der Waals surface area contributed by atoms with E-state index in [4.69, 9.17) is 9.15 Å². The number of furan rings is 1. The smallest absolute Gasteiger partial charge is 0.119 e. The van der Waals surface area contributed by atoms with Crippen LogP contribution >= 0.6 is 0 Å². The van der Waals surface area contributed by atoms with Gasteiger partial charge in [0.15, 0.2) is 0 Å². The van der Waals surface area contributed by atoms with Crippen molar-refractivity contribution in [2.24, 2.45) is 5.92 Å². The lowest BCUT2D eigenvalue weighted by Gasteiger charge is -2.38. The van der Waals surface area contributed by atoms with Gasteiger partial charge in [0.2, 0.25) is 0 Å². The van der Waals surface area contributed by atoms with E-state index in [0.29, 0.717) is 18.1 Å². The molecular weight excluding hydrogens is 268 g/mol. The molecule has 0 N–H and O–H groups in total. The van der Waals surface area contributed by atoms with Crippen LogP contribution in [-0.2, 0) is 17.8 Å². The first-order valence-corrected chi connectivity index (χ1v) is 7.60. The van der Waals surface area contributed by atoms with Crippen molar-refractivity contribution >= 4 is 0 Å². The summed E-state index contributed by atoms with van der Waals surface area (Å²) in [5.41, 5.74) is 0. The normalized spacial score (nSPS) is 29.6. The predicted molar refractivity (Wildman–Crippen MR) is 75.4 cm³/mol. The van der Waals surface area contributed by atoms with Gasteiger partial charge in [0.25, 0.3) is 0 Å². The van der Waals surface area contributed by atoms with Gasteiger partial charge >= 0.3 is 0 Å². The molecule has 0 spiro atoms. The van der Waals surface area contributed by atoms with Gasteiger partial charge in [-0.25, -0.2) is 0 Å². The molecule has 4 rings (SSSR count). The first-order chi connectivity index (χ1) is 10.4. The summed E-state index contributed by atoms with van der Waals surface area (Å²) in [5.74, 6) is 1.59. The highest BCUT2D eigenvalue weighted by Crippen LogP contribution is 2.36. The molecule has 1 aliphatic heterocycles. The lowest BCUT2D eigenvalue weighted by Crippen LogP contribution is -2.50. The van der Waals surface area contributed by atoms with Gasteiger partial charge in [0.1, 0.15) is 18.4 Å². The third kappa shape index (κ3) is 2.61. The van der Waals surface area contributed by atoms with Crippen LogP contribution < -0.4 is 0 Å². The predicted octanol–water partition coefficient (Wildman–Crippen LogP) is 1.55. The molecular formula is C15H20N4O2. The molecule has 3 atom stereocenters. The van der Waals surface area contributed by atoms with Crippen molar-refractivity contribution in [1.82, 2.24) is 19.7 Å². The van der Waals surface area contributed by atoms with E-state index in [9.17, 15) is 0 Å². The van der Waals surface area contributed by atoms with E-state index in [-0.39, 0.29) is 0 Å². The van der Waals surface area contributed by atoms with E-state index in [1.807, 2.05) is 12.1 Å². The highest BCUT2D eigenvalue weighted by atomic mass is 16.5. The molecule has 1 aliphatic carbocycles. The number of nitrogens with zero attached hydrogens (tertiary/aromatic N) is 4.